The van der Waals surface area contributed by atoms with Gasteiger partial charge in [-0.2, -0.15) is 0 Å². The van der Waals surface area contributed by atoms with Crippen molar-refractivity contribution in [3.05, 3.63) is 34.1 Å². The molecule has 0 aliphatic carbocycles. The van der Waals surface area contributed by atoms with Gasteiger partial charge in [-0.25, -0.2) is 4.39 Å². The second-order valence-corrected chi connectivity index (χ2v) is 4.78. The number of carbonyl (C=O) groups is 1. The van der Waals surface area contributed by atoms with Gasteiger partial charge in [0.05, 0.1) is 13.2 Å². The summed E-state index contributed by atoms with van der Waals surface area (Å²) >= 11 is 3.36. The molecular formula is C12H12BrFO2. The van der Waals surface area contributed by atoms with Crippen LogP contribution in [0.3, 0.4) is 0 Å². The van der Waals surface area contributed by atoms with Crippen molar-refractivity contribution in [2.45, 2.75) is 12.8 Å². The Morgan fingerprint density at radius 2 is 2.31 bits per heavy atom. The predicted molar refractivity (Wildman–Crippen MR) is 61.7 cm³/mol. The van der Waals surface area contributed by atoms with E-state index in [1.165, 1.54) is 12.1 Å². The summed E-state index contributed by atoms with van der Waals surface area (Å²) in [6.07, 6.45) is 1.01. The van der Waals surface area contributed by atoms with E-state index in [0.29, 0.717) is 26.1 Å². The quantitative estimate of drug-likeness (QED) is 0.836. The molecule has 1 aliphatic rings. The summed E-state index contributed by atoms with van der Waals surface area (Å²) in [6.45, 7) is 0.960. The van der Waals surface area contributed by atoms with Crippen LogP contribution in [0.25, 0.3) is 0 Å². The predicted octanol–water partition coefficient (Wildman–Crippen LogP) is 2.74. The third kappa shape index (κ3) is 2.68. The van der Waals surface area contributed by atoms with Crippen LogP contribution in [0.15, 0.2) is 22.7 Å². The standard InChI is InChI=1S/C12H12BrFO2/c13-11-2-1-10(14)6-8(11)5-9-7-16-4-3-12(9)15/h1-2,6,9H,3-5,7H2. The first kappa shape index (κ1) is 11.7. The van der Waals surface area contributed by atoms with Gasteiger partial charge in [-0.1, -0.05) is 15.9 Å². The Bertz CT molecular complexity index is 406. The molecule has 1 aliphatic heterocycles. The molecule has 0 spiro atoms. The molecular weight excluding hydrogens is 275 g/mol. The second-order valence-electron chi connectivity index (χ2n) is 3.93. The van der Waals surface area contributed by atoms with E-state index >= 15 is 0 Å². The van der Waals surface area contributed by atoms with Crippen molar-refractivity contribution >= 4 is 21.7 Å². The topological polar surface area (TPSA) is 26.3 Å². The fourth-order valence-corrected chi connectivity index (χ4v) is 2.24. The molecule has 1 aromatic carbocycles. The molecule has 0 aromatic heterocycles. The van der Waals surface area contributed by atoms with Gasteiger partial charge in [0, 0.05) is 16.8 Å². The van der Waals surface area contributed by atoms with Gasteiger partial charge in [-0.05, 0) is 30.2 Å². The summed E-state index contributed by atoms with van der Waals surface area (Å²) in [5.74, 6) is -0.198. The second kappa shape index (κ2) is 5.06. The maximum atomic E-state index is 13.1. The molecule has 0 saturated carbocycles. The number of hydrogen-bond acceptors (Lipinski definition) is 2. The Labute approximate surface area is 102 Å². The van der Waals surface area contributed by atoms with E-state index in [4.69, 9.17) is 4.74 Å². The van der Waals surface area contributed by atoms with Crippen LogP contribution in [-0.4, -0.2) is 19.0 Å². The molecule has 2 rings (SSSR count). The number of halogens is 2. The van der Waals surface area contributed by atoms with Crippen molar-refractivity contribution in [1.29, 1.82) is 0 Å². The van der Waals surface area contributed by atoms with E-state index in [1.54, 1.807) is 6.07 Å². The minimum Gasteiger partial charge on any atom is -0.380 e. The minimum atomic E-state index is -0.276. The van der Waals surface area contributed by atoms with E-state index in [-0.39, 0.29) is 17.5 Å². The highest BCUT2D eigenvalue weighted by Crippen LogP contribution is 2.23. The van der Waals surface area contributed by atoms with E-state index in [0.717, 1.165) is 10.0 Å². The Kier molecular flexibility index (Phi) is 3.71. The number of ether oxygens (including phenoxy) is 1. The van der Waals surface area contributed by atoms with Crippen LogP contribution in [0.2, 0.25) is 0 Å². The van der Waals surface area contributed by atoms with Crippen LogP contribution in [0, 0.1) is 11.7 Å². The van der Waals surface area contributed by atoms with Gasteiger partial charge in [0.2, 0.25) is 0 Å². The highest BCUT2D eigenvalue weighted by Gasteiger charge is 2.23. The summed E-state index contributed by atoms with van der Waals surface area (Å²) in [6, 6.07) is 4.53. The van der Waals surface area contributed by atoms with E-state index in [9.17, 15) is 9.18 Å². The molecule has 1 atom stereocenters. The van der Waals surface area contributed by atoms with Gasteiger partial charge < -0.3 is 4.74 Å². The van der Waals surface area contributed by atoms with Gasteiger partial charge in [0.1, 0.15) is 11.6 Å². The molecule has 1 fully saturated rings. The zero-order chi connectivity index (χ0) is 11.5. The van der Waals surface area contributed by atoms with Crippen molar-refractivity contribution < 1.29 is 13.9 Å². The minimum absolute atomic E-state index is 0.133. The maximum Gasteiger partial charge on any atom is 0.140 e. The lowest BCUT2D eigenvalue weighted by atomic mass is 9.93. The molecule has 16 heavy (non-hydrogen) atoms. The normalized spacial score (nSPS) is 21.1. The number of benzene rings is 1. The zero-order valence-corrected chi connectivity index (χ0v) is 10.3. The van der Waals surface area contributed by atoms with Crippen molar-refractivity contribution in [2.75, 3.05) is 13.2 Å². The first-order chi connectivity index (χ1) is 7.66. The molecule has 1 aromatic rings. The van der Waals surface area contributed by atoms with Crippen LogP contribution in [0.4, 0.5) is 4.39 Å². The molecule has 1 saturated heterocycles. The number of Topliss-reactive ketones (excluding diaryl/α,β-unsaturated/α-hetero) is 1. The highest BCUT2D eigenvalue weighted by atomic mass is 79.9. The van der Waals surface area contributed by atoms with Gasteiger partial charge >= 0.3 is 0 Å². The molecule has 1 heterocycles. The largest absolute Gasteiger partial charge is 0.380 e. The van der Waals surface area contributed by atoms with E-state index in [2.05, 4.69) is 15.9 Å². The molecule has 86 valence electrons. The number of ketones is 1. The first-order valence-corrected chi connectivity index (χ1v) is 6.00. The maximum absolute atomic E-state index is 13.1. The molecule has 0 N–H and O–H groups in total. The summed E-state index contributed by atoms with van der Waals surface area (Å²) < 4.78 is 19.2. The Morgan fingerprint density at radius 3 is 3.06 bits per heavy atom. The lowest BCUT2D eigenvalue weighted by Gasteiger charge is -2.21. The van der Waals surface area contributed by atoms with Crippen LogP contribution in [0.1, 0.15) is 12.0 Å². The summed E-state index contributed by atoms with van der Waals surface area (Å²) in [7, 11) is 0. The Balaban J connectivity index is 2.13. The molecule has 0 amide bonds. The molecule has 1 unspecified atom stereocenters. The number of carbonyl (C=O) groups excluding carboxylic acids is 1. The average Bonchev–Trinajstić information content (AvgIpc) is 2.27. The monoisotopic (exact) mass is 286 g/mol. The molecule has 4 heteroatoms. The van der Waals surface area contributed by atoms with E-state index < -0.39 is 0 Å². The third-order valence-corrected chi connectivity index (χ3v) is 3.51. The van der Waals surface area contributed by atoms with Crippen molar-refractivity contribution in [3.63, 3.8) is 0 Å². The fourth-order valence-electron chi connectivity index (χ4n) is 1.83. The van der Waals surface area contributed by atoms with Gasteiger partial charge in [0.25, 0.3) is 0 Å². The first-order valence-electron chi connectivity index (χ1n) is 5.21. The lowest BCUT2D eigenvalue weighted by molar-refractivity contribution is -0.130. The summed E-state index contributed by atoms with van der Waals surface area (Å²) in [5, 5.41) is 0. The van der Waals surface area contributed by atoms with Crippen molar-refractivity contribution in [3.8, 4) is 0 Å². The smallest absolute Gasteiger partial charge is 0.140 e. The SMILES string of the molecule is O=C1CCOCC1Cc1cc(F)ccc1Br. The third-order valence-electron chi connectivity index (χ3n) is 2.74. The Hall–Kier alpha value is -0.740. The lowest BCUT2D eigenvalue weighted by Crippen LogP contribution is -2.29. The fraction of sp³-hybridized carbons (Fsp3) is 0.417. The van der Waals surface area contributed by atoms with Gasteiger partial charge in [0.15, 0.2) is 0 Å². The number of hydrogen-bond donors (Lipinski definition) is 0. The van der Waals surface area contributed by atoms with Crippen LogP contribution in [-0.2, 0) is 16.0 Å². The van der Waals surface area contributed by atoms with Gasteiger partial charge in [-0.15, -0.1) is 0 Å². The van der Waals surface area contributed by atoms with Crippen molar-refractivity contribution in [1.82, 2.24) is 0 Å². The molecule has 0 radical (unpaired) electrons. The summed E-state index contributed by atoms with van der Waals surface area (Å²) in [4.78, 5) is 11.6. The zero-order valence-electron chi connectivity index (χ0n) is 8.71. The molecule has 2 nitrogen and oxygen atoms in total. The van der Waals surface area contributed by atoms with E-state index in [1.807, 2.05) is 0 Å². The molecule has 0 bridgehead atoms. The van der Waals surface area contributed by atoms with Crippen molar-refractivity contribution in [2.24, 2.45) is 5.92 Å². The number of rotatable bonds is 2. The highest BCUT2D eigenvalue weighted by molar-refractivity contribution is 9.10. The average molecular weight is 287 g/mol. The van der Waals surface area contributed by atoms with Crippen LogP contribution in [0.5, 0.6) is 0 Å². The van der Waals surface area contributed by atoms with Gasteiger partial charge in [-0.3, -0.25) is 4.79 Å². The van der Waals surface area contributed by atoms with Crippen LogP contribution < -0.4 is 0 Å². The van der Waals surface area contributed by atoms with Crippen LogP contribution >= 0.6 is 15.9 Å². The Morgan fingerprint density at radius 1 is 1.50 bits per heavy atom. The summed E-state index contributed by atoms with van der Waals surface area (Å²) in [5.41, 5.74) is 0.823.